The third-order valence-corrected chi connectivity index (χ3v) is 7.88. The highest BCUT2D eigenvalue weighted by molar-refractivity contribution is 7.20. The Hall–Kier alpha value is -2.32. The predicted molar refractivity (Wildman–Crippen MR) is 123 cm³/mol. The lowest BCUT2D eigenvalue weighted by Gasteiger charge is -2.37. The third-order valence-electron chi connectivity index (χ3n) is 6.70. The van der Waals surface area contributed by atoms with Crippen LogP contribution in [0.2, 0.25) is 0 Å². The number of halogens is 2. The zero-order valence-corrected chi connectivity index (χ0v) is 19.8. The lowest BCUT2D eigenvalue weighted by molar-refractivity contribution is -0.124. The summed E-state index contributed by atoms with van der Waals surface area (Å²) in [5.74, 6) is -1.92. The van der Waals surface area contributed by atoms with E-state index in [9.17, 15) is 18.4 Å². The Morgan fingerprint density at radius 2 is 1.73 bits per heavy atom. The van der Waals surface area contributed by atoms with Gasteiger partial charge in [0, 0.05) is 30.1 Å². The predicted octanol–water partition coefficient (Wildman–Crippen LogP) is 5.82. The summed E-state index contributed by atoms with van der Waals surface area (Å²) in [6.45, 7) is 3.30. The smallest absolute Gasteiger partial charge is 0.340 e. The molecule has 1 saturated carbocycles. The summed E-state index contributed by atoms with van der Waals surface area (Å²) in [7, 11) is 1.30. The van der Waals surface area contributed by atoms with E-state index in [1.807, 2.05) is 0 Å². The van der Waals surface area contributed by atoms with Crippen LogP contribution in [-0.2, 0) is 14.3 Å². The van der Waals surface area contributed by atoms with Gasteiger partial charge in [0.2, 0.25) is 5.91 Å². The summed E-state index contributed by atoms with van der Waals surface area (Å²) in [6.07, 6.45) is 5.02. The number of carbonyl (C=O) groups excluding carboxylic acids is 2. The molecule has 8 heteroatoms. The van der Waals surface area contributed by atoms with Gasteiger partial charge in [-0.2, -0.15) is 0 Å². The van der Waals surface area contributed by atoms with E-state index >= 15 is 0 Å². The van der Waals surface area contributed by atoms with Crippen molar-refractivity contribution in [2.24, 2.45) is 11.8 Å². The Bertz CT molecular complexity index is 1010. The second-order valence-corrected chi connectivity index (χ2v) is 9.99. The van der Waals surface area contributed by atoms with Gasteiger partial charge in [-0.3, -0.25) is 9.69 Å². The molecule has 0 atom stereocenters. The zero-order valence-electron chi connectivity index (χ0n) is 18.9. The van der Waals surface area contributed by atoms with E-state index in [4.69, 9.17) is 9.47 Å². The van der Waals surface area contributed by atoms with Crippen LogP contribution in [0, 0.1) is 23.5 Å². The van der Waals surface area contributed by atoms with Crippen LogP contribution >= 0.6 is 11.3 Å². The van der Waals surface area contributed by atoms with Crippen LogP contribution in [-0.4, -0.2) is 38.2 Å². The van der Waals surface area contributed by atoms with Crippen molar-refractivity contribution in [1.29, 1.82) is 0 Å². The summed E-state index contributed by atoms with van der Waals surface area (Å²) < 4.78 is 37.9. The Morgan fingerprint density at radius 1 is 1.03 bits per heavy atom. The minimum Gasteiger partial charge on any atom is -0.465 e. The largest absolute Gasteiger partial charge is 0.465 e. The number of hydrogen-bond donors (Lipinski definition) is 0. The highest BCUT2D eigenvalue weighted by atomic mass is 32.1. The lowest BCUT2D eigenvalue weighted by Crippen LogP contribution is -2.47. The van der Waals surface area contributed by atoms with Gasteiger partial charge in [0.05, 0.1) is 12.7 Å². The van der Waals surface area contributed by atoms with Gasteiger partial charge >= 0.3 is 5.97 Å². The first-order valence-corrected chi connectivity index (χ1v) is 12.3. The highest BCUT2D eigenvalue weighted by Crippen LogP contribution is 2.42. The molecule has 0 radical (unpaired) electrons. The molecular formula is C25H29F2NO4S. The fourth-order valence-electron chi connectivity index (χ4n) is 4.70. The first-order chi connectivity index (χ1) is 15.9. The third kappa shape index (κ3) is 5.11. The van der Waals surface area contributed by atoms with Crippen LogP contribution in [0.25, 0.3) is 10.4 Å². The molecule has 1 aliphatic carbocycles. The minimum absolute atomic E-state index is 0.0256. The first-order valence-electron chi connectivity index (χ1n) is 11.5. The van der Waals surface area contributed by atoms with Crippen molar-refractivity contribution in [3.05, 3.63) is 41.5 Å². The summed E-state index contributed by atoms with van der Waals surface area (Å²) in [5, 5.41) is 0.511. The molecule has 2 fully saturated rings. The van der Waals surface area contributed by atoms with Gasteiger partial charge in [-0.25, -0.2) is 13.6 Å². The standard InChI is InChI=1S/C25H29F2NO4S/c1-15-3-5-16(6-4-15)23(29)28(18-9-11-32-12-10-18)24-19(25(30)31-2)14-22(33-24)17-7-8-20(26)21(27)13-17/h7-8,13-16,18H,3-6,9-12H2,1-2H3. The molecule has 2 heterocycles. The number of rotatable bonds is 5. The molecular weight excluding hydrogens is 448 g/mol. The molecule has 33 heavy (non-hydrogen) atoms. The van der Waals surface area contributed by atoms with Crippen LogP contribution in [0.5, 0.6) is 0 Å². The van der Waals surface area contributed by atoms with Crippen molar-refractivity contribution in [2.75, 3.05) is 25.2 Å². The molecule has 4 rings (SSSR count). The fraction of sp³-hybridized carbons (Fsp3) is 0.520. The van der Waals surface area contributed by atoms with Crippen LogP contribution in [0.15, 0.2) is 24.3 Å². The molecule has 2 aliphatic rings. The van der Waals surface area contributed by atoms with E-state index < -0.39 is 17.6 Å². The monoisotopic (exact) mass is 477 g/mol. The van der Waals surface area contributed by atoms with Gasteiger partial charge < -0.3 is 9.47 Å². The second-order valence-electron chi connectivity index (χ2n) is 8.96. The molecule has 1 amide bonds. The highest BCUT2D eigenvalue weighted by Gasteiger charge is 2.37. The van der Waals surface area contributed by atoms with Gasteiger partial charge in [-0.15, -0.1) is 11.3 Å². The number of carbonyl (C=O) groups is 2. The lowest BCUT2D eigenvalue weighted by atomic mass is 9.82. The number of nitrogens with zero attached hydrogens (tertiary/aromatic N) is 1. The first kappa shape index (κ1) is 23.8. The molecule has 178 valence electrons. The van der Waals surface area contributed by atoms with Crippen molar-refractivity contribution in [3.63, 3.8) is 0 Å². The maximum Gasteiger partial charge on any atom is 0.340 e. The average molecular weight is 478 g/mol. The summed E-state index contributed by atoms with van der Waals surface area (Å²) in [5.41, 5.74) is 0.715. The molecule has 0 N–H and O–H groups in total. The van der Waals surface area contributed by atoms with Crippen molar-refractivity contribution in [2.45, 2.75) is 51.5 Å². The van der Waals surface area contributed by atoms with Gasteiger partial charge in [0.15, 0.2) is 11.6 Å². The minimum atomic E-state index is -0.962. The van der Waals surface area contributed by atoms with Crippen molar-refractivity contribution < 1.29 is 27.8 Å². The number of anilines is 1. The summed E-state index contributed by atoms with van der Waals surface area (Å²) >= 11 is 1.24. The van der Waals surface area contributed by atoms with E-state index in [2.05, 4.69) is 6.92 Å². The number of ether oxygens (including phenoxy) is 2. The van der Waals surface area contributed by atoms with Crippen molar-refractivity contribution >= 4 is 28.2 Å². The molecule has 0 bridgehead atoms. The number of methoxy groups -OCH3 is 1. The normalized spacial score (nSPS) is 21.6. The summed E-state index contributed by atoms with van der Waals surface area (Å²) in [4.78, 5) is 28.9. The quantitative estimate of drug-likeness (QED) is 0.510. The second kappa shape index (κ2) is 10.3. The molecule has 1 saturated heterocycles. The Balaban J connectivity index is 1.77. The Kier molecular flexibility index (Phi) is 7.44. The molecule has 1 aromatic carbocycles. The maximum atomic E-state index is 13.9. The van der Waals surface area contributed by atoms with Gasteiger partial charge in [-0.1, -0.05) is 13.0 Å². The van der Waals surface area contributed by atoms with Crippen molar-refractivity contribution in [3.8, 4) is 10.4 Å². The SMILES string of the molecule is COC(=O)c1cc(-c2ccc(F)c(F)c2)sc1N(C(=O)C1CCC(C)CC1)C1CCOCC1. The van der Waals surface area contributed by atoms with Gasteiger partial charge in [0.1, 0.15) is 5.00 Å². The number of thiophene rings is 1. The van der Waals surface area contributed by atoms with Crippen LogP contribution < -0.4 is 4.90 Å². The Morgan fingerprint density at radius 3 is 2.36 bits per heavy atom. The zero-order chi connectivity index (χ0) is 23.5. The average Bonchev–Trinajstić information content (AvgIpc) is 3.26. The van der Waals surface area contributed by atoms with Gasteiger partial charge in [-0.05, 0) is 68.2 Å². The molecule has 1 aromatic heterocycles. The number of esters is 1. The summed E-state index contributed by atoms with van der Waals surface area (Å²) in [6, 6.07) is 5.16. The van der Waals surface area contributed by atoms with Crippen LogP contribution in [0.1, 0.15) is 55.8 Å². The fourth-order valence-corrected chi connectivity index (χ4v) is 5.92. The van der Waals surface area contributed by atoms with E-state index in [1.54, 1.807) is 11.0 Å². The molecule has 5 nitrogen and oxygen atoms in total. The van der Waals surface area contributed by atoms with E-state index in [1.165, 1.54) is 24.5 Å². The van der Waals surface area contributed by atoms with E-state index in [0.717, 1.165) is 37.8 Å². The number of amides is 1. The number of hydrogen-bond acceptors (Lipinski definition) is 5. The van der Waals surface area contributed by atoms with E-state index in [-0.39, 0.29) is 23.4 Å². The van der Waals surface area contributed by atoms with Gasteiger partial charge in [0.25, 0.3) is 0 Å². The topological polar surface area (TPSA) is 55.8 Å². The van der Waals surface area contributed by atoms with E-state index in [0.29, 0.717) is 47.4 Å². The maximum absolute atomic E-state index is 13.9. The van der Waals surface area contributed by atoms with Crippen LogP contribution in [0.3, 0.4) is 0 Å². The van der Waals surface area contributed by atoms with Crippen molar-refractivity contribution in [1.82, 2.24) is 0 Å². The number of benzene rings is 1. The van der Waals surface area contributed by atoms with Crippen LogP contribution in [0.4, 0.5) is 13.8 Å². The molecule has 2 aromatic rings. The Labute approximate surface area is 196 Å². The molecule has 1 aliphatic heterocycles. The molecule has 0 spiro atoms. The molecule has 0 unspecified atom stereocenters.